The summed E-state index contributed by atoms with van der Waals surface area (Å²) in [6.45, 7) is 0. The molecule has 0 aliphatic heterocycles. The van der Waals surface area contributed by atoms with Crippen LogP contribution in [0.15, 0.2) is 6.20 Å². The van der Waals surface area contributed by atoms with Crippen LogP contribution in [-0.2, 0) is 0 Å². The van der Waals surface area contributed by atoms with E-state index in [1.54, 1.807) is 0 Å². The Balaban J connectivity index is 2.29. The number of anilines is 1. The molecular weight excluding hydrogens is 145 g/mol. The molecule has 1 aromatic heterocycles. The Labute approximate surface area is 64.0 Å². The van der Waals surface area contributed by atoms with E-state index >= 15 is 0 Å². The highest BCUT2D eigenvalue weighted by Crippen LogP contribution is 2.32. The molecule has 2 rings (SSSR count). The van der Waals surface area contributed by atoms with Gasteiger partial charge in [-0.15, -0.1) is 0 Å². The topological polar surface area (TPSA) is 43.8 Å². The van der Waals surface area contributed by atoms with E-state index in [0.717, 1.165) is 12.8 Å². The molecule has 3 nitrogen and oxygen atoms in total. The van der Waals surface area contributed by atoms with Crippen LogP contribution in [-0.4, -0.2) is 9.78 Å². The van der Waals surface area contributed by atoms with Crippen LogP contribution < -0.4 is 5.73 Å². The highest BCUT2D eigenvalue weighted by molar-refractivity contribution is 5.32. The van der Waals surface area contributed by atoms with Crippen LogP contribution in [0.25, 0.3) is 0 Å². The zero-order valence-electron chi connectivity index (χ0n) is 6.13. The number of nitrogen functional groups attached to an aromatic ring is 1. The van der Waals surface area contributed by atoms with Crippen molar-refractivity contribution >= 4 is 5.69 Å². The lowest BCUT2D eigenvalue weighted by molar-refractivity contribution is 0.257. The summed E-state index contributed by atoms with van der Waals surface area (Å²) in [6.07, 6.45) is 4.59. The molecule has 11 heavy (non-hydrogen) atoms. The first kappa shape index (κ1) is 6.64. The molecule has 1 aromatic rings. The minimum Gasteiger partial charge on any atom is -0.394 e. The molecule has 1 saturated carbocycles. The summed E-state index contributed by atoms with van der Waals surface area (Å²) in [5.74, 6) is -0.380. The summed E-state index contributed by atoms with van der Waals surface area (Å²) < 4.78 is 14.4. The Morgan fingerprint density at radius 2 is 2.36 bits per heavy atom. The largest absolute Gasteiger partial charge is 0.394 e. The lowest BCUT2D eigenvalue weighted by Gasteiger charge is -2.25. The molecule has 0 spiro atoms. The highest BCUT2D eigenvalue weighted by atomic mass is 19.1. The van der Waals surface area contributed by atoms with Gasteiger partial charge in [-0.3, -0.25) is 0 Å². The van der Waals surface area contributed by atoms with Gasteiger partial charge in [-0.2, -0.15) is 9.49 Å². The number of nitrogens with zero attached hydrogens (tertiary/aromatic N) is 2. The lowest BCUT2D eigenvalue weighted by Crippen LogP contribution is -2.19. The average Bonchev–Trinajstić information content (AvgIpc) is 2.15. The Hall–Kier alpha value is -1.06. The van der Waals surface area contributed by atoms with Gasteiger partial charge in [0.1, 0.15) is 5.69 Å². The Morgan fingerprint density at radius 1 is 1.64 bits per heavy atom. The van der Waals surface area contributed by atoms with Gasteiger partial charge in [-0.05, 0) is 19.3 Å². The summed E-state index contributed by atoms with van der Waals surface area (Å²) in [5, 5.41) is 3.85. The maximum absolute atomic E-state index is 13.0. The SMILES string of the molecule is Nc1cnn(C2CCC2)c1F. The van der Waals surface area contributed by atoms with Crippen LogP contribution in [0.1, 0.15) is 25.3 Å². The molecule has 60 valence electrons. The van der Waals surface area contributed by atoms with E-state index in [0.29, 0.717) is 0 Å². The Morgan fingerprint density at radius 3 is 2.73 bits per heavy atom. The first-order valence-corrected chi connectivity index (χ1v) is 3.77. The minimum absolute atomic E-state index is 0.150. The first-order valence-electron chi connectivity index (χ1n) is 3.77. The van der Waals surface area contributed by atoms with Gasteiger partial charge < -0.3 is 5.73 Å². The van der Waals surface area contributed by atoms with Crippen molar-refractivity contribution in [3.8, 4) is 0 Å². The Bertz CT molecular complexity index is 265. The molecule has 0 atom stereocenters. The molecule has 0 amide bonds. The van der Waals surface area contributed by atoms with Crippen molar-refractivity contribution < 1.29 is 4.39 Å². The molecule has 0 radical (unpaired) electrons. The average molecular weight is 155 g/mol. The maximum atomic E-state index is 13.0. The van der Waals surface area contributed by atoms with Gasteiger partial charge in [-0.1, -0.05) is 0 Å². The second-order valence-electron chi connectivity index (χ2n) is 2.92. The monoisotopic (exact) mass is 155 g/mol. The zero-order valence-corrected chi connectivity index (χ0v) is 6.13. The van der Waals surface area contributed by atoms with Crippen LogP contribution in [0.2, 0.25) is 0 Å². The summed E-state index contributed by atoms with van der Waals surface area (Å²) in [5.41, 5.74) is 5.45. The Kier molecular flexibility index (Phi) is 1.34. The molecule has 2 N–H and O–H groups in total. The number of halogens is 1. The van der Waals surface area contributed by atoms with Gasteiger partial charge in [0.2, 0.25) is 5.95 Å². The van der Waals surface area contributed by atoms with E-state index in [2.05, 4.69) is 5.10 Å². The standard InChI is InChI=1S/C7H10FN3/c8-7-6(9)4-10-11(7)5-2-1-3-5/h4-5H,1-3,9H2. The summed E-state index contributed by atoms with van der Waals surface area (Å²) in [6, 6.07) is 0.257. The molecule has 1 fully saturated rings. The van der Waals surface area contributed by atoms with Crippen LogP contribution in [0, 0.1) is 5.95 Å². The lowest BCUT2D eigenvalue weighted by atomic mass is 9.93. The van der Waals surface area contributed by atoms with Crippen LogP contribution in [0.3, 0.4) is 0 Å². The van der Waals surface area contributed by atoms with E-state index < -0.39 is 0 Å². The van der Waals surface area contributed by atoms with Crippen LogP contribution in [0.4, 0.5) is 10.1 Å². The van der Waals surface area contributed by atoms with Gasteiger partial charge in [-0.25, -0.2) is 4.68 Å². The highest BCUT2D eigenvalue weighted by Gasteiger charge is 2.23. The van der Waals surface area contributed by atoms with Crippen molar-refractivity contribution in [1.29, 1.82) is 0 Å². The second kappa shape index (κ2) is 2.22. The third kappa shape index (κ3) is 0.895. The summed E-state index contributed by atoms with van der Waals surface area (Å²) in [7, 11) is 0. The normalized spacial score (nSPS) is 18.3. The predicted molar refractivity (Wildman–Crippen MR) is 39.5 cm³/mol. The summed E-state index contributed by atoms with van der Waals surface area (Å²) >= 11 is 0. The van der Waals surface area contributed by atoms with Crippen molar-refractivity contribution in [2.75, 3.05) is 5.73 Å². The second-order valence-corrected chi connectivity index (χ2v) is 2.92. The van der Waals surface area contributed by atoms with E-state index in [-0.39, 0.29) is 17.7 Å². The number of hydrogen-bond donors (Lipinski definition) is 1. The van der Waals surface area contributed by atoms with Crippen molar-refractivity contribution in [1.82, 2.24) is 9.78 Å². The van der Waals surface area contributed by atoms with Gasteiger partial charge >= 0.3 is 0 Å². The molecule has 1 aliphatic rings. The number of nitrogens with two attached hydrogens (primary N) is 1. The smallest absolute Gasteiger partial charge is 0.234 e. The molecule has 0 bridgehead atoms. The van der Waals surface area contributed by atoms with Crippen molar-refractivity contribution in [2.45, 2.75) is 25.3 Å². The van der Waals surface area contributed by atoms with Crippen LogP contribution >= 0.6 is 0 Å². The minimum atomic E-state index is -0.380. The number of hydrogen-bond acceptors (Lipinski definition) is 2. The molecule has 1 heterocycles. The quantitative estimate of drug-likeness (QED) is 0.664. The van der Waals surface area contributed by atoms with E-state index in [9.17, 15) is 4.39 Å². The predicted octanol–water partition coefficient (Wildman–Crippen LogP) is 1.33. The van der Waals surface area contributed by atoms with E-state index in [1.807, 2.05) is 0 Å². The maximum Gasteiger partial charge on any atom is 0.234 e. The van der Waals surface area contributed by atoms with Crippen molar-refractivity contribution in [3.63, 3.8) is 0 Å². The van der Waals surface area contributed by atoms with Gasteiger partial charge in [0.15, 0.2) is 0 Å². The first-order chi connectivity index (χ1) is 5.29. The fourth-order valence-corrected chi connectivity index (χ4v) is 1.25. The van der Waals surface area contributed by atoms with Crippen LogP contribution in [0.5, 0.6) is 0 Å². The van der Waals surface area contributed by atoms with Gasteiger partial charge in [0.05, 0.1) is 12.2 Å². The third-order valence-corrected chi connectivity index (χ3v) is 2.18. The van der Waals surface area contributed by atoms with Crippen molar-refractivity contribution in [2.24, 2.45) is 0 Å². The summed E-state index contributed by atoms with van der Waals surface area (Å²) in [4.78, 5) is 0. The number of rotatable bonds is 1. The van der Waals surface area contributed by atoms with Crippen molar-refractivity contribution in [3.05, 3.63) is 12.1 Å². The molecule has 0 unspecified atom stereocenters. The zero-order chi connectivity index (χ0) is 7.84. The molecule has 0 aromatic carbocycles. The third-order valence-electron chi connectivity index (χ3n) is 2.18. The molecular formula is C7H10FN3. The number of aromatic nitrogens is 2. The fraction of sp³-hybridized carbons (Fsp3) is 0.571. The van der Waals surface area contributed by atoms with E-state index in [4.69, 9.17) is 5.73 Å². The molecule has 1 aliphatic carbocycles. The van der Waals surface area contributed by atoms with Gasteiger partial charge in [0.25, 0.3) is 0 Å². The molecule has 4 heteroatoms. The fourth-order valence-electron chi connectivity index (χ4n) is 1.25. The van der Waals surface area contributed by atoms with Gasteiger partial charge in [0, 0.05) is 0 Å². The molecule has 0 saturated heterocycles. The van der Waals surface area contributed by atoms with E-state index in [1.165, 1.54) is 17.3 Å².